The minimum Gasteiger partial charge on any atom is -0.490 e. The molecule has 1 atom stereocenters. The fraction of sp³-hybridized carbons (Fsp3) is 0.600. The number of hydrogen-bond acceptors (Lipinski definition) is 4. The molecule has 0 radical (unpaired) electrons. The molecule has 2 heterocycles. The highest BCUT2D eigenvalue weighted by Crippen LogP contribution is 2.24. The van der Waals surface area contributed by atoms with Crippen molar-refractivity contribution in [3.05, 3.63) is 16.4 Å². The van der Waals surface area contributed by atoms with Gasteiger partial charge in [-0.25, -0.2) is 0 Å². The van der Waals surface area contributed by atoms with Crippen molar-refractivity contribution in [1.29, 1.82) is 0 Å². The van der Waals surface area contributed by atoms with Gasteiger partial charge in [-0.05, 0) is 31.8 Å². The third kappa shape index (κ3) is 3.20. The number of nitrogens with zero attached hydrogens (tertiary/aromatic N) is 2. The van der Waals surface area contributed by atoms with Crippen LogP contribution >= 0.6 is 23.2 Å². The van der Waals surface area contributed by atoms with Gasteiger partial charge < -0.3 is 10.1 Å². The van der Waals surface area contributed by atoms with Crippen LogP contribution in [0.4, 0.5) is 0 Å². The summed E-state index contributed by atoms with van der Waals surface area (Å²) in [4.78, 5) is 0. The Hall–Kier alpha value is -0.580. The number of ether oxygens (including phenoxy) is 1. The normalized spacial score (nSPS) is 20.0. The van der Waals surface area contributed by atoms with E-state index in [0.717, 1.165) is 19.5 Å². The minimum atomic E-state index is 0.258. The van der Waals surface area contributed by atoms with Crippen molar-refractivity contribution in [2.45, 2.75) is 12.8 Å². The van der Waals surface area contributed by atoms with E-state index < -0.39 is 0 Å². The monoisotopic (exact) mass is 261 g/mol. The largest absolute Gasteiger partial charge is 0.490 e. The standard InChI is InChI=1S/C10H13Cl2N3O/c11-9-5-8(10(12)15-14-9)16-4-2-7-1-3-13-6-7/h5,7,13H,1-4,6H2. The average Bonchev–Trinajstić information content (AvgIpc) is 2.76. The molecule has 16 heavy (non-hydrogen) atoms. The van der Waals surface area contributed by atoms with Gasteiger partial charge in [-0.15, -0.1) is 10.2 Å². The molecule has 4 nitrogen and oxygen atoms in total. The van der Waals surface area contributed by atoms with Crippen LogP contribution in [0.3, 0.4) is 0 Å². The Morgan fingerprint density at radius 3 is 3.06 bits per heavy atom. The summed E-state index contributed by atoms with van der Waals surface area (Å²) >= 11 is 11.5. The fourth-order valence-electron chi connectivity index (χ4n) is 1.74. The Labute approximate surface area is 104 Å². The highest BCUT2D eigenvalue weighted by atomic mass is 35.5. The van der Waals surface area contributed by atoms with Crippen molar-refractivity contribution in [1.82, 2.24) is 15.5 Å². The van der Waals surface area contributed by atoms with E-state index in [1.807, 2.05) is 0 Å². The number of hydrogen-bond donors (Lipinski definition) is 1. The summed E-state index contributed by atoms with van der Waals surface area (Å²) in [5.41, 5.74) is 0. The first-order valence-electron chi connectivity index (χ1n) is 5.28. The van der Waals surface area contributed by atoms with Crippen LogP contribution in [0.25, 0.3) is 0 Å². The van der Waals surface area contributed by atoms with E-state index >= 15 is 0 Å². The van der Waals surface area contributed by atoms with Crippen molar-refractivity contribution < 1.29 is 4.74 Å². The lowest BCUT2D eigenvalue weighted by molar-refractivity contribution is 0.282. The van der Waals surface area contributed by atoms with Crippen LogP contribution in [0.2, 0.25) is 10.3 Å². The number of nitrogens with one attached hydrogen (secondary N) is 1. The highest BCUT2D eigenvalue weighted by molar-refractivity contribution is 6.32. The second-order valence-electron chi connectivity index (χ2n) is 3.82. The molecule has 1 aromatic heterocycles. The Morgan fingerprint density at radius 1 is 1.44 bits per heavy atom. The minimum absolute atomic E-state index is 0.258. The maximum atomic E-state index is 5.82. The summed E-state index contributed by atoms with van der Waals surface area (Å²) in [6.45, 7) is 2.81. The fourth-order valence-corrected chi connectivity index (χ4v) is 2.02. The van der Waals surface area contributed by atoms with Gasteiger partial charge in [0, 0.05) is 6.07 Å². The molecule has 88 valence electrons. The van der Waals surface area contributed by atoms with Gasteiger partial charge >= 0.3 is 0 Å². The van der Waals surface area contributed by atoms with E-state index in [-0.39, 0.29) is 5.15 Å². The van der Waals surface area contributed by atoms with E-state index in [2.05, 4.69) is 15.5 Å². The molecular formula is C10H13Cl2N3O. The lowest BCUT2D eigenvalue weighted by Gasteiger charge is -2.10. The molecule has 1 unspecified atom stereocenters. The van der Waals surface area contributed by atoms with Crippen LogP contribution in [0.1, 0.15) is 12.8 Å². The van der Waals surface area contributed by atoms with Crippen LogP contribution in [0.5, 0.6) is 5.75 Å². The SMILES string of the molecule is Clc1cc(OCCC2CCNC2)c(Cl)nn1. The quantitative estimate of drug-likeness (QED) is 0.903. The van der Waals surface area contributed by atoms with Gasteiger partial charge in [0.05, 0.1) is 6.61 Å². The molecule has 0 bridgehead atoms. The number of halogens is 2. The van der Waals surface area contributed by atoms with Gasteiger partial charge in [-0.1, -0.05) is 23.2 Å². The van der Waals surface area contributed by atoms with Crippen LogP contribution in [-0.4, -0.2) is 29.9 Å². The zero-order valence-corrected chi connectivity index (χ0v) is 10.3. The molecule has 6 heteroatoms. The predicted octanol–water partition coefficient (Wildman–Crippen LogP) is 2.16. The molecule has 1 aromatic rings. The average molecular weight is 262 g/mol. The molecular weight excluding hydrogens is 249 g/mol. The predicted molar refractivity (Wildman–Crippen MR) is 63.1 cm³/mol. The lowest BCUT2D eigenvalue weighted by Crippen LogP contribution is -2.11. The van der Waals surface area contributed by atoms with Gasteiger partial charge in [0.15, 0.2) is 16.1 Å². The molecule has 1 fully saturated rings. The van der Waals surface area contributed by atoms with Crippen LogP contribution in [0, 0.1) is 5.92 Å². The molecule has 0 aromatic carbocycles. The zero-order chi connectivity index (χ0) is 11.4. The summed E-state index contributed by atoms with van der Waals surface area (Å²) in [6.07, 6.45) is 2.23. The molecule has 0 saturated carbocycles. The molecule has 1 saturated heterocycles. The summed E-state index contributed by atoms with van der Waals surface area (Å²) in [6, 6.07) is 1.59. The van der Waals surface area contributed by atoms with Gasteiger partial charge in [0.25, 0.3) is 0 Å². The molecule has 0 aliphatic carbocycles. The number of rotatable bonds is 4. The molecule has 2 rings (SSSR count). The third-order valence-electron chi connectivity index (χ3n) is 2.63. The Morgan fingerprint density at radius 2 is 2.31 bits per heavy atom. The highest BCUT2D eigenvalue weighted by Gasteiger charge is 2.14. The number of aromatic nitrogens is 2. The maximum Gasteiger partial charge on any atom is 0.193 e. The molecule has 1 N–H and O–H groups in total. The van der Waals surface area contributed by atoms with Gasteiger partial charge in [0.1, 0.15) is 0 Å². The zero-order valence-electron chi connectivity index (χ0n) is 8.75. The van der Waals surface area contributed by atoms with Gasteiger partial charge in [0.2, 0.25) is 0 Å². The van der Waals surface area contributed by atoms with E-state index in [1.165, 1.54) is 6.42 Å². The first-order valence-corrected chi connectivity index (χ1v) is 6.03. The van der Waals surface area contributed by atoms with Crippen molar-refractivity contribution in [2.24, 2.45) is 5.92 Å². The topological polar surface area (TPSA) is 47.0 Å². The van der Waals surface area contributed by atoms with E-state index in [9.17, 15) is 0 Å². The summed E-state index contributed by atoms with van der Waals surface area (Å²) in [7, 11) is 0. The second kappa shape index (κ2) is 5.66. The third-order valence-corrected chi connectivity index (χ3v) is 3.08. The first kappa shape index (κ1) is 11.9. The van der Waals surface area contributed by atoms with Crippen molar-refractivity contribution in [3.63, 3.8) is 0 Å². The smallest absolute Gasteiger partial charge is 0.193 e. The maximum absolute atomic E-state index is 5.82. The lowest BCUT2D eigenvalue weighted by atomic mass is 10.1. The molecule has 0 spiro atoms. The summed E-state index contributed by atoms with van der Waals surface area (Å²) in [5.74, 6) is 1.21. The molecule has 1 aliphatic rings. The Bertz CT molecular complexity index is 356. The van der Waals surface area contributed by atoms with Crippen LogP contribution in [-0.2, 0) is 0 Å². The second-order valence-corrected chi connectivity index (χ2v) is 4.56. The van der Waals surface area contributed by atoms with Crippen molar-refractivity contribution >= 4 is 23.2 Å². The van der Waals surface area contributed by atoms with Crippen molar-refractivity contribution in [2.75, 3.05) is 19.7 Å². The molecule has 0 amide bonds. The Kier molecular flexibility index (Phi) is 4.21. The van der Waals surface area contributed by atoms with E-state index in [1.54, 1.807) is 6.07 Å². The van der Waals surface area contributed by atoms with E-state index in [0.29, 0.717) is 23.4 Å². The molecule has 1 aliphatic heterocycles. The van der Waals surface area contributed by atoms with Gasteiger partial charge in [-0.2, -0.15) is 0 Å². The van der Waals surface area contributed by atoms with Gasteiger partial charge in [-0.3, -0.25) is 0 Å². The first-order chi connectivity index (χ1) is 7.75. The van der Waals surface area contributed by atoms with Crippen LogP contribution in [0.15, 0.2) is 6.07 Å². The summed E-state index contributed by atoms with van der Waals surface area (Å²) < 4.78 is 5.53. The Balaban J connectivity index is 1.82. The van der Waals surface area contributed by atoms with Crippen molar-refractivity contribution in [3.8, 4) is 5.75 Å². The summed E-state index contributed by atoms with van der Waals surface area (Å²) in [5, 5.41) is 11.2. The van der Waals surface area contributed by atoms with E-state index in [4.69, 9.17) is 27.9 Å². The van der Waals surface area contributed by atoms with Crippen LogP contribution < -0.4 is 10.1 Å².